The van der Waals surface area contributed by atoms with Crippen molar-refractivity contribution in [2.24, 2.45) is 10.7 Å². The summed E-state index contributed by atoms with van der Waals surface area (Å²) < 4.78 is 11.4. The van der Waals surface area contributed by atoms with E-state index in [1.807, 2.05) is 71.0 Å². The molecule has 12 nitrogen and oxygen atoms in total. The van der Waals surface area contributed by atoms with Gasteiger partial charge in [0.2, 0.25) is 0 Å². The highest BCUT2D eigenvalue weighted by molar-refractivity contribution is 6.03. The van der Waals surface area contributed by atoms with Crippen molar-refractivity contribution in [3.63, 3.8) is 0 Å². The number of anilines is 3. The number of hydrogen-bond donors (Lipinski definition) is 4. The molecule has 1 aliphatic rings. The fraction of sp³-hybridized carbons (Fsp3) is 0.361. The second-order valence-corrected chi connectivity index (χ2v) is 12.4. The van der Waals surface area contributed by atoms with Gasteiger partial charge in [0.1, 0.15) is 28.8 Å². The number of ether oxygens (including phenoxy) is 2. The van der Waals surface area contributed by atoms with Gasteiger partial charge in [0, 0.05) is 62.2 Å². The molecule has 0 saturated carbocycles. The van der Waals surface area contributed by atoms with E-state index in [9.17, 15) is 9.59 Å². The van der Waals surface area contributed by atoms with E-state index in [0.29, 0.717) is 43.4 Å². The van der Waals surface area contributed by atoms with Gasteiger partial charge in [0.25, 0.3) is 5.91 Å². The summed E-state index contributed by atoms with van der Waals surface area (Å²) in [6, 6.07) is 11.0. The number of amides is 2. The molecule has 1 aliphatic heterocycles. The molecule has 48 heavy (non-hydrogen) atoms. The van der Waals surface area contributed by atoms with Crippen molar-refractivity contribution in [3.05, 3.63) is 89.0 Å². The maximum absolute atomic E-state index is 13.0. The SMILES string of the molecule is CC/C=C(N)/N=C\C=C(/C)c1cnc(NCc2cccc(C(=O)Nc3ccc(NCCN(C)C(=O)OC(C)(C)C)cn3)c2)c2c1OCC2. The number of aromatic nitrogens is 2. The summed E-state index contributed by atoms with van der Waals surface area (Å²) in [5.74, 6) is 2.23. The van der Waals surface area contributed by atoms with Crippen molar-refractivity contribution >= 4 is 41.1 Å². The number of allylic oxidation sites excluding steroid dienone is 3. The lowest BCUT2D eigenvalue weighted by Crippen LogP contribution is -2.36. The van der Waals surface area contributed by atoms with Crippen LogP contribution in [0, 0.1) is 0 Å². The third-order valence-corrected chi connectivity index (χ3v) is 7.25. The summed E-state index contributed by atoms with van der Waals surface area (Å²) in [7, 11) is 1.69. The van der Waals surface area contributed by atoms with E-state index in [0.717, 1.165) is 52.4 Å². The first-order valence-electron chi connectivity index (χ1n) is 16.0. The normalized spacial score (nSPS) is 13.1. The number of aliphatic imine (C=N–C) groups is 1. The fourth-order valence-corrected chi connectivity index (χ4v) is 4.78. The summed E-state index contributed by atoms with van der Waals surface area (Å²) in [5.41, 5.74) is 10.4. The molecule has 5 N–H and O–H groups in total. The fourth-order valence-electron chi connectivity index (χ4n) is 4.78. The van der Waals surface area contributed by atoms with E-state index in [2.05, 4.69) is 25.9 Å². The van der Waals surface area contributed by atoms with Gasteiger partial charge in [-0.3, -0.25) is 4.79 Å². The van der Waals surface area contributed by atoms with Gasteiger partial charge in [-0.25, -0.2) is 19.8 Å². The molecule has 0 unspecified atom stereocenters. The summed E-state index contributed by atoms with van der Waals surface area (Å²) in [4.78, 5) is 40.0. The molecule has 0 fully saturated rings. The van der Waals surface area contributed by atoms with Crippen molar-refractivity contribution in [2.45, 2.75) is 59.6 Å². The molecule has 4 rings (SSSR count). The predicted molar refractivity (Wildman–Crippen MR) is 191 cm³/mol. The van der Waals surface area contributed by atoms with Gasteiger partial charge in [0.15, 0.2) is 0 Å². The zero-order valence-corrected chi connectivity index (χ0v) is 28.6. The number of likely N-dealkylation sites (N-methyl/N-ethyl adjacent to an activating group) is 1. The smallest absolute Gasteiger partial charge is 0.410 e. The number of nitrogens with one attached hydrogen (secondary N) is 3. The quantitative estimate of drug-likeness (QED) is 0.157. The Kier molecular flexibility index (Phi) is 12.1. The number of rotatable bonds is 13. The van der Waals surface area contributed by atoms with E-state index in [-0.39, 0.29) is 12.0 Å². The van der Waals surface area contributed by atoms with E-state index >= 15 is 0 Å². The highest BCUT2D eigenvalue weighted by Gasteiger charge is 2.22. The van der Waals surface area contributed by atoms with Gasteiger partial charge in [0.05, 0.1) is 18.5 Å². The van der Waals surface area contributed by atoms with Crippen LogP contribution in [0.25, 0.3) is 5.57 Å². The van der Waals surface area contributed by atoms with Crippen molar-refractivity contribution in [2.75, 3.05) is 42.7 Å². The van der Waals surface area contributed by atoms with Crippen molar-refractivity contribution in [1.29, 1.82) is 0 Å². The van der Waals surface area contributed by atoms with Gasteiger partial charge in [-0.1, -0.05) is 19.1 Å². The number of fused-ring (bicyclic) bond motifs is 1. The Labute approximate surface area is 282 Å². The van der Waals surface area contributed by atoms with Crippen molar-refractivity contribution in [3.8, 4) is 5.75 Å². The third kappa shape index (κ3) is 10.3. The Hall–Kier alpha value is -5.39. The molecule has 254 valence electrons. The van der Waals surface area contributed by atoms with Gasteiger partial charge in [-0.15, -0.1) is 0 Å². The maximum Gasteiger partial charge on any atom is 0.410 e. The molecule has 0 saturated heterocycles. The highest BCUT2D eigenvalue weighted by Crippen LogP contribution is 2.37. The molecule has 0 bridgehead atoms. The zero-order valence-electron chi connectivity index (χ0n) is 28.6. The number of nitrogens with two attached hydrogens (primary N) is 1. The maximum atomic E-state index is 13.0. The molecule has 2 amide bonds. The number of benzene rings is 1. The Balaban J connectivity index is 1.31. The summed E-state index contributed by atoms with van der Waals surface area (Å²) in [5, 5.41) is 9.50. The minimum absolute atomic E-state index is 0.265. The van der Waals surface area contributed by atoms with Gasteiger partial charge in [-0.2, -0.15) is 0 Å². The number of pyridine rings is 2. The van der Waals surface area contributed by atoms with Crippen LogP contribution in [0.3, 0.4) is 0 Å². The number of nitrogens with zero attached hydrogens (tertiary/aromatic N) is 4. The second-order valence-electron chi connectivity index (χ2n) is 12.4. The number of hydrogen-bond acceptors (Lipinski definition) is 10. The van der Waals surface area contributed by atoms with Crippen LogP contribution in [0.2, 0.25) is 0 Å². The van der Waals surface area contributed by atoms with E-state index in [4.69, 9.17) is 20.2 Å². The average Bonchev–Trinajstić information content (AvgIpc) is 3.54. The largest absolute Gasteiger partial charge is 0.492 e. The van der Waals surface area contributed by atoms with Crippen LogP contribution < -0.4 is 26.4 Å². The standard InChI is InChI=1S/C36H46N8O4/c1-7-9-30(37)39-16-14-24(2)29-23-42-33(28-15-19-47-32(28)29)41-21-25-10-8-11-26(20-25)34(45)43-31-13-12-27(22-40-31)38-17-18-44(6)35(46)48-36(3,4)5/h8-14,16,20,22-23,38H,7,15,17-19,21,37H2,1-6H3,(H,41,42)(H,40,43,45)/b24-14+,30-9+,39-16-. The Morgan fingerprint density at radius 1 is 1.15 bits per heavy atom. The minimum atomic E-state index is -0.544. The second kappa shape index (κ2) is 16.4. The van der Waals surface area contributed by atoms with Crippen LogP contribution in [0.5, 0.6) is 5.75 Å². The Morgan fingerprint density at radius 2 is 1.96 bits per heavy atom. The molecular formula is C36H46N8O4. The molecule has 0 aliphatic carbocycles. The summed E-state index contributed by atoms with van der Waals surface area (Å²) in [6.07, 6.45) is 10.1. The van der Waals surface area contributed by atoms with Crippen LogP contribution in [-0.2, 0) is 17.7 Å². The molecule has 3 heterocycles. The lowest BCUT2D eigenvalue weighted by atomic mass is 10.0. The van der Waals surface area contributed by atoms with E-state index < -0.39 is 5.60 Å². The van der Waals surface area contributed by atoms with Crippen LogP contribution in [-0.4, -0.2) is 65.4 Å². The lowest BCUT2D eigenvalue weighted by molar-refractivity contribution is 0.0305. The van der Waals surface area contributed by atoms with Crippen molar-refractivity contribution < 1.29 is 19.1 Å². The van der Waals surface area contributed by atoms with Crippen LogP contribution in [0.15, 0.2) is 71.8 Å². The lowest BCUT2D eigenvalue weighted by Gasteiger charge is -2.24. The summed E-state index contributed by atoms with van der Waals surface area (Å²) in [6.45, 7) is 11.5. The predicted octanol–water partition coefficient (Wildman–Crippen LogP) is 6.24. The molecule has 0 radical (unpaired) electrons. The molecular weight excluding hydrogens is 608 g/mol. The molecule has 2 aromatic heterocycles. The summed E-state index contributed by atoms with van der Waals surface area (Å²) >= 11 is 0. The first kappa shape index (κ1) is 35.5. The number of carbonyl (C=O) groups is 2. The first-order valence-corrected chi connectivity index (χ1v) is 16.0. The van der Waals surface area contributed by atoms with E-state index in [1.54, 1.807) is 37.8 Å². The highest BCUT2D eigenvalue weighted by atomic mass is 16.6. The Bertz CT molecular complexity index is 1680. The van der Waals surface area contributed by atoms with Gasteiger partial charge < -0.3 is 36.1 Å². The molecule has 0 spiro atoms. The van der Waals surface area contributed by atoms with Crippen LogP contribution in [0.4, 0.5) is 22.1 Å². The Morgan fingerprint density at radius 3 is 2.69 bits per heavy atom. The van der Waals surface area contributed by atoms with Crippen LogP contribution >= 0.6 is 0 Å². The first-order chi connectivity index (χ1) is 22.9. The monoisotopic (exact) mass is 654 g/mol. The molecule has 12 heteroatoms. The minimum Gasteiger partial charge on any atom is -0.492 e. The van der Waals surface area contributed by atoms with Crippen LogP contribution in [0.1, 0.15) is 68.1 Å². The zero-order chi connectivity index (χ0) is 34.7. The molecule has 3 aromatic rings. The van der Waals surface area contributed by atoms with Crippen molar-refractivity contribution in [1.82, 2.24) is 14.9 Å². The third-order valence-electron chi connectivity index (χ3n) is 7.25. The molecule has 1 aromatic carbocycles. The van der Waals surface area contributed by atoms with Gasteiger partial charge >= 0.3 is 6.09 Å². The molecule has 0 atom stereocenters. The topological polar surface area (TPSA) is 156 Å². The van der Waals surface area contributed by atoms with Gasteiger partial charge in [-0.05, 0) is 81.7 Å². The average molecular weight is 655 g/mol. The number of carbonyl (C=O) groups excluding carboxylic acids is 2. The van der Waals surface area contributed by atoms with E-state index in [1.165, 1.54) is 4.90 Å².